The van der Waals surface area contributed by atoms with Crippen LogP contribution in [0.25, 0.3) is 10.6 Å². The highest BCUT2D eigenvalue weighted by Crippen LogP contribution is 2.34. The molecule has 0 radical (unpaired) electrons. The fourth-order valence-electron chi connectivity index (χ4n) is 2.32. The van der Waals surface area contributed by atoms with Gasteiger partial charge in [0.1, 0.15) is 15.6 Å². The van der Waals surface area contributed by atoms with E-state index in [2.05, 4.69) is 9.82 Å². The lowest BCUT2D eigenvalue weighted by atomic mass is 10.1. The lowest BCUT2D eigenvalue weighted by Crippen LogP contribution is -2.12. The van der Waals surface area contributed by atoms with Gasteiger partial charge in [-0.05, 0) is 43.7 Å². The van der Waals surface area contributed by atoms with Gasteiger partial charge in [-0.1, -0.05) is 17.7 Å². The second-order valence-electron chi connectivity index (χ2n) is 5.71. The molecule has 3 rings (SSSR count). The number of H-pyrrole nitrogens is 1. The van der Waals surface area contributed by atoms with Crippen molar-refractivity contribution in [3.63, 3.8) is 0 Å². The van der Waals surface area contributed by atoms with E-state index in [9.17, 15) is 21.6 Å². The quantitative estimate of drug-likeness (QED) is 0.672. The molecular formula is C16H14F3N3O2S2. The summed E-state index contributed by atoms with van der Waals surface area (Å²) in [5.41, 5.74) is 1.27. The Morgan fingerprint density at radius 3 is 2.46 bits per heavy atom. The molecule has 5 nitrogen and oxygen atoms in total. The second-order valence-corrected chi connectivity index (χ2v) is 8.70. The average Bonchev–Trinajstić information content (AvgIpc) is 3.17. The molecule has 2 heterocycles. The fraction of sp³-hybridized carbons (Fsp3) is 0.188. The maximum atomic E-state index is 12.6. The topological polar surface area (TPSA) is 74.8 Å². The summed E-state index contributed by atoms with van der Waals surface area (Å²) in [5, 5.41) is 5.52. The lowest BCUT2D eigenvalue weighted by Gasteiger charge is -2.09. The molecule has 0 atom stereocenters. The van der Waals surface area contributed by atoms with Crippen LogP contribution in [0.4, 0.5) is 18.9 Å². The minimum absolute atomic E-state index is 0.0102. The standard InChI is InChI=1S/C16H14F3N3O2S2/c1-9-3-4-11(10(2)7-9)22-26(23,24)15-6-5-13(25-15)12-8-14(21-20-12)16(17,18)19/h3-8,22H,1-2H3,(H,20,21). The van der Waals surface area contributed by atoms with E-state index in [1.165, 1.54) is 12.1 Å². The van der Waals surface area contributed by atoms with Gasteiger partial charge in [0.15, 0.2) is 0 Å². The Kier molecular flexibility index (Phi) is 4.57. The van der Waals surface area contributed by atoms with Gasteiger partial charge in [0.25, 0.3) is 10.0 Å². The summed E-state index contributed by atoms with van der Waals surface area (Å²) >= 11 is 0.845. The molecule has 0 saturated heterocycles. The van der Waals surface area contributed by atoms with Crippen LogP contribution in [0.1, 0.15) is 16.8 Å². The van der Waals surface area contributed by atoms with E-state index >= 15 is 0 Å². The maximum absolute atomic E-state index is 12.6. The SMILES string of the molecule is Cc1ccc(NS(=O)(=O)c2ccc(-c3cc(C(F)(F)F)[nH]n3)s2)c(C)c1. The molecule has 0 aliphatic rings. The van der Waals surface area contributed by atoms with Crippen LogP contribution in [-0.2, 0) is 16.2 Å². The number of halogens is 3. The Labute approximate surface area is 151 Å². The number of thiophene rings is 1. The molecule has 0 saturated carbocycles. The minimum atomic E-state index is -4.54. The molecule has 0 amide bonds. The number of rotatable bonds is 4. The number of aromatic amines is 1. The van der Waals surface area contributed by atoms with Crippen LogP contribution in [0.2, 0.25) is 0 Å². The van der Waals surface area contributed by atoms with Crippen LogP contribution in [0.5, 0.6) is 0 Å². The van der Waals surface area contributed by atoms with E-state index in [0.717, 1.165) is 28.5 Å². The van der Waals surface area contributed by atoms with E-state index < -0.39 is 21.9 Å². The number of aromatic nitrogens is 2. The first kappa shape index (κ1) is 18.5. The van der Waals surface area contributed by atoms with Gasteiger partial charge in [-0.2, -0.15) is 18.3 Å². The molecule has 26 heavy (non-hydrogen) atoms. The second kappa shape index (κ2) is 6.44. The summed E-state index contributed by atoms with van der Waals surface area (Å²) < 4.78 is 65.5. The molecule has 0 bridgehead atoms. The Bertz CT molecular complexity index is 1050. The molecule has 138 valence electrons. The van der Waals surface area contributed by atoms with E-state index in [1.54, 1.807) is 19.1 Å². The molecule has 2 aromatic heterocycles. The van der Waals surface area contributed by atoms with Gasteiger partial charge >= 0.3 is 6.18 Å². The van der Waals surface area contributed by atoms with Crippen molar-refractivity contribution in [1.82, 2.24) is 10.2 Å². The number of sulfonamides is 1. The number of nitrogens with zero attached hydrogens (tertiary/aromatic N) is 1. The van der Waals surface area contributed by atoms with Gasteiger partial charge in [-0.15, -0.1) is 11.3 Å². The van der Waals surface area contributed by atoms with Crippen LogP contribution < -0.4 is 4.72 Å². The zero-order valence-electron chi connectivity index (χ0n) is 13.7. The first-order valence-corrected chi connectivity index (χ1v) is 9.69. The van der Waals surface area contributed by atoms with Crippen LogP contribution in [-0.4, -0.2) is 18.6 Å². The molecule has 0 fully saturated rings. The zero-order valence-corrected chi connectivity index (χ0v) is 15.3. The van der Waals surface area contributed by atoms with Gasteiger partial charge in [0, 0.05) is 0 Å². The van der Waals surface area contributed by atoms with E-state index in [0.29, 0.717) is 10.6 Å². The predicted molar refractivity (Wildman–Crippen MR) is 93.6 cm³/mol. The summed E-state index contributed by atoms with van der Waals surface area (Å²) in [4.78, 5) is 0.317. The number of hydrogen-bond donors (Lipinski definition) is 2. The third-order valence-electron chi connectivity index (χ3n) is 3.61. The highest BCUT2D eigenvalue weighted by atomic mass is 32.2. The summed E-state index contributed by atoms with van der Waals surface area (Å²) in [6, 6.07) is 8.92. The van der Waals surface area contributed by atoms with Crippen LogP contribution in [0.15, 0.2) is 40.6 Å². The lowest BCUT2D eigenvalue weighted by molar-refractivity contribution is -0.141. The van der Waals surface area contributed by atoms with Crippen LogP contribution in [0, 0.1) is 13.8 Å². The average molecular weight is 401 g/mol. The third-order valence-corrected chi connectivity index (χ3v) is 6.57. The number of benzene rings is 1. The monoisotopic (exact) mass is 401 g/mol. The summed E-state index contributed by atoms with van der Waals surface area (Å²) in [5.74, 6) is 0. The van der Waals surface area contributed by atoms with Crippen molar-refractivity contribution in [2.45, 2.75) is 24.2 Å². The molecule has 0 aliphatic heterocycles. The van der Waals surface area contributed by atoms with Gasteiger partial charge in [0.05, 0.1) is 10.6 Å². The van der Waals surface area contributed by atoms with Crippen molar-refractivity contribution in [3.8, 4) is 10.6 Å². The molecule has 10 heteroatoms. The van der Waals surface area contributed by atoms with E-state index in [-0.39, 0.29) is 9.90 Å². The first-order valence-electron chi connectivity index (χ1n) is 7.39. The van der Waals surface area contributed by atoms with Crippen LogP contribution in [0.3, 0.4) is 0 Å². The van der Waals surface area contributed by atoms with Crippen molar-refractivity contribution in [3.05, 3.63) is 53.2 Å². The Morgan fingerprint density at radius 2 is 1.85 bits per heavy atom. The fourth-order valence-corrected chi connectivity index (χ4v) is 4.72. The smallest absolute Gasteiger partial charge is 0.279 e. The van der Waals surface area contributed by atoms with Crippen molar-refractivity contribution >= 4 is 27.0 Å². The number of anilines is 1. The molecule has 0 aliphatic carbocycles. The van der Waals surface area contributed by atoms with Crippen molar-refractivity contribution in [2.24, 2.45) is 0 Å². The van der Waals surface area contributed by atoms with Crippen molar-refractivity contribution in [2.75, 3.05) is 4.72 Å². The molecule has 1 aromatic carbocycles. The molecule has 3 aromatic rings. The Morgan fingerprint density at radius 1 is 1.12 bits per heavy atom. The van der Waals surface area contributed by atoms with Crippen molar-refractivity contribution < 1.29 is 21.6 Å². The summed E-state index contributed by atoms with van der Waals surface area (Å²) in [6.07, 6.45) is -4.54. The molecule has 0 unspecified atom stereocenters. The van der Waals surface area contributed by atoms with Crippen LogP contribution >= 0.6 is 11.3 Å². The van der Waals surface area contributed by atoms with Gasteiger partial charge in [0.2, 0.25) is 0 Å². The summed E-state index contributed by atoms with van der Waals surface area (Å²) in [7, 11) is -3.85. The normalized spacial score (nSPS) is 12.3. The van der Waals surface area contributed by atoms with Crippen molar-refractivity contribution in [1.29, 1.82) is 0 Å². The van der Waals surface area contributed by atoms with E-state index in [4.69, 9.17) is 0 Å². The van der Waals surface area contributed by atoms with E-state index in [1.807, 2.05) is 18.1 Å². The highest BCUT2D eigenvalue weighted by molar-refractivity contribution is 7.94. The van der Waals surface area contributed by atoms with Gasteiger partial charge in [-0.25, -0.2) is 8.42 Å². The number of hydrogen-bond acceptors (Lipinski definition) is 4. The Balaban J connectivity index is 1.87. The number of alkyl halides is 3. The number of nitrogens with one attached hydrogen (secondary N) is 2. The van der Waals surface area contributed by atoms with Gasteiger partial charge in [-0.3, -0.25) is 9.82 Å². The third kappa shape index (κ3) is 3.75. The minimum Gasteiger partial charge on any atom is -0.279 e. The maximum Gasteiger partial charge on any atom is 0.432 e. The predicted octanol–water partition coefficient (Wildman–Crippen LogP) is 4.57. The molecular weight excluding hydrogens is 387 g/mol. The largest absolute Gasteiger partial charge is 0.432 e. The number of aryl methyl sites for hydroxylation is 2. The summed E-state index contributed by atoms with van der Waals surface area (Å²) in [6.45, 7) is 3.68. The highest BCUT2D eigenvalue weighted by Gasteiger charge is 2.33. The molecule has 2 N–H and O–H groups in total. The van der Waals surface area contributed by atoms with Gasteiger partial charge < -0.3 is 0 Å². The zero-order chi connectivity index (χ0) is 19.1. The molecule has 0 spiro atoms. The first-order chi connectivity index (χ1) is 12.1. The Hall–Kier alpha value is -2.33.